The summed E-state index contributed by atoms with van der Waals surface area (Å²) in [7, 11) is -3.24. The van der Waals surface area contributed by atoms with Gasteiger partial charge in [0.25, 0.3) is 0 Å². The molecule has 1 amide bonds. The highest BCUT2D eigenvalue weighted by Gasteiger charge is 2.28. The van der Waals surface area contributed by atoms with E-state index < -0.39 is 14.6 Å². The van der Waals surface area contributed by atoms with Gasteiger partial charge < -0.3 is 11.1 Å². The third kappa shape index (κ3) is 4.61. The normalized spacial score (nSPS) is 12.2. The fraction of sp³-hybridized carbons (Fsp3) is 0.500. The summed E-state index contributed by atoms with van der Waals surface area (Å²) in [5.74, 6) is -0.222. The summed E-state index contributed by atoms with van der Waals surface area (Å²) in [5, 5.41) is 2.69. The quantitative estimate of drug-likeness (QED) is 0.865. The van der Waals surface area contributed by atoms with E-state index in [-0.39, 0.29) is 24.6 Å². The van der Waals surface area contributed by atoms with E-state index in [9.17, 15) is 13.2 Å². The van der Waals surface area contributed by atoms with Crippen LogP contribution in [0.2, 0.25) is 0 Å². The average Bonchev–Trinajstić information content (AvgIpc) is 2.27. The number of nitrogens with two attached hydrogens (primary N) is 1. The Hall–Kier alpha value is -1.40. The fourth-order valence-corrected chi connectivity index (χ4v) is 2.58. The third-order valence-corrected chi connectivity index (χ3v) is 5.45. The van der Waals surface area contributed by atoms with Crippen molar-refractivity contribution in [3.63, 3.8) is 0 Å². The molecule has 0 aliphatic carbocycles. The minimum atomic E-state index is -3.24. The van der Waals surface area contributed by atoms with Crippen molar-refractivity contribution in [3.8, 4) is 0 Å². The maximum Gasteiger partial charge on any atom is 0.225 e. The zero-order valence-electron chi connectivity index (χ0n) is 12.1. The Morgan fingerprint density at radius 2 is 1.95 bits per heavy atom. The van der Waals surface area contributed by atoms with Crippen molar-refractivity contribution in [1.82, 2.24) is 0 Å². The van der Waals surface area contributed by atoms with Gasteiger partial charge in [-0.1, -0.05) is 12.1 Å². The molecular formula is C14H22N2O3S. The molecule has 20 heavy (non-hydrogen) atoms. The van der Waals surface area contributed by atoms with Crippen LogP contribution in [0.15, 0.2) is 24.3 Å². The van der Waals surface area contributed by atoms with Gasteiger partial charge >= 0.3 is 0 Å². The smallest absolute Gasteiger partial charge is 0.225 e. The highest BCUT2D eigenvalue weighted by Crippen LogP contribution is 2.22. The predicted molar refractivity (Wildman–Crippen MR) is 81.1 cm³/mol. The highest BCUT2D eigenvalue weighted by molar-refractivity contribution is 7.91. The Kier molecular flexibility index (Phi) is 5.30. The van der Waals surface area contributed by atoms with Crippen molar-refractivity contribution in [2.24, 2.45) is 5.73 Å². The molecule has 6 heteroatoms. The summed E-state index contributed by atoms with van der Waals surface area (Å²) in [6.07, 6.45) is 0.241. The first kappa shape index (κ1) is 16.7. The second-order valence-corrected chi connectivity index (χ2v) is 8.40. The Morgan fingerprint density at radius 3 is 2.50 bits per heavy atom. The second kappa shape index (κ2) is 6.37. The summed E-state index contributed by atoms with van der Waals surface area (Å²) < 4.78 is 23.5. The van der Waals surface area contributed by atoms with E-state index in [1.54, 1.807) is 45.0 Å². The lowest BCUT2D eigenvalue weighted by Crippen LogP contribution is -2.29. The van der Waals surface area contributed by atoms with Crippen molar-refractivity contribution in [3.05, 3.63) is 29.8 Å². The van der Waals surface area contributed by atoms with E-state index in [0.717, 1.165) is 0 Å². The zero-order valence-corrected chi connectivity index (χ0v) is 13.0. The minimum Gasteiger partial charge on any atom is -0.330 e. The molecule has 1 aromatic carbocycles. The van der Waals surface area contributed by atoms with Gasteiger partial charge in [0.15, 0.2) is 9.84 Å². The van der Waals surface area contributed by atoms with E-state index in [4.69, 9.17) is 5.73 Å². The number of hydrogen-bond acceptors (Lipinski definition) is 4. The van der Waals surface area contributed by atoms with Gasteiger partial charge in [0.2, 0.25) is 5.91 Å². The lowest BCUT2D eigenvalue weighted by Gasteiger charge is -2.19. The number of anilines is 1. The molecule has 0 aliphatic rings. The van der Waals surface area contributed by atoms with Crippen LogP contribution < -0.4 is 11.1 Å². The van der Waals surface area contributed by atoms with Crippen molar-refractivity contribution in [2.75, 3.05) is 11.9 Å². The topological polar surface area (TPSA) is 89.3 Å². The average molecular weight is 298 g/mol. The Labute approximate surface area is 120 Å². The number of hydrogen-bond donors (Lipinski definition) is 2. The van der Waals surface area contributed by atoms with Crippen LogP contribution in [0.1, 0.15) is 32.8 Å². The molecule has 0 unspecified atom stereocenters. The summed E-state index contributed by atoms with van der Waals surface area (Å²) in [6.45, 7) is 5.31. The number of carbonyl (C=O) groups excluding carboxylic acids is 1. The largest absolute Gasteiger partial charge is 0.330 e. The lowest BCUT2D eigenvalue weighted by atomic mass is 10.2. The number of benzene rings is 1. The minimum absolute atomic E-state index is 0.0445. The first-order valence-corrected chi connectivity index (χ1v) is 8.12. The van der Waals surface area contributed by atoms with E-state index >= 15 is 0 Å². The van der Waals surface area contributed by atoms with Gasteiger partial charge in [-0.05, 0) is 38.5 Å². The first-order valence-electron chi connectivity index (χ1n) is 6.47. The van der Waals surface area contributed by atoms with E-state index in [1.165, 1.54) is 0 Å². The molecule has 0 fully saturated rings. The Bertz CT molecular complexity index is 574. The van der Waals surface area contributed by atoms with Crippen molar-refractivity contribution < 1.29 is 13.2 Å². The van der Waals surface area contributed by atoms with Gasteiger partial charge in [0, 0.05) is 18.7 Å². The fourth-order valence-electron chi connectivity index (χ4n) is 1.53. The number of rotatable bonds is 5. The molecule has 0 aliphatic heterocycles. The van der Waals surface area contributed by atoms with Crippen LogP contribution in [-0.2, 0) is 20.4 Å². The monoisotopic (exact) mass is 298 g/mol. The first-order chi connectivity index (χ1) is 9.15. The standard InChI is InChI=1S/C14H22N2O3S/c1-14(2,3)20(18,19)10-11-5-4-6-12(9-11)16-13(17)7-8-15/h4-6,9H,7-8,10,15H2,1-3H3,(H,16,17). The molecule has 0 bridgehead atoms. The van der Waals surface area contributed by atoms with Crippen LogP contribution >= 0.6 is 0 Å². The zero-order chi connectivity index (χ0) is 15.4. The number of carbonyl (C=O) groups is 1. The highest BCUT2D eigenvalue weighted by atomic mass is 32.2. The molecule has 0 atom stereocenters. The summed E-state index contributed by atoms with van der Waals surface area (Å²) in [6, 6.07) is 6.87. The van der Waals surface area contributed by atoms with E-state index in [1.807, 2.05) is 0 Å². The van der Waals surface area contributed by atoms with Gasteiger partial charge in [-0.15, -0.1) is 0 Å². The molecule has 0 spiro atoms. The van der Waals surface area contributed by atoms with Crippen LogP contribution in [-0.4, -0.2) is 25.6 Å². The summed E-state index contributed by atoms with van der Waals surface area (Å²) in [5.41, 5.74) is 6.55. The molecule has 3 N–H and O–H groups in total. The molecule has 5 nitrogen and oxygen atoms in total. The molecule has 0 heterocycles. The van der Waals surface area contributed by atoms with Crippen LogP contribution in [0.25, 0.3) is 0 Å². The van der Waals surface area contributed by atoms with Gasteiger partial charge in [0.05, 0.1) is 10.5 Å². The van der Waals surface area contributed by atoms with Crippen LogP contribution in [0, 0.1) is 0 Å². The van der Waals surface area contributed by atoms with Crippen LogP contribution in [0.3, 0.4) is 0 Å². The maximum atomic E-state index is 12.2. The Balaban J connectivity index is 2.87. The van der Waals surface area contributed by atoms with Crippen molar-refractivity contribution >= 4 is 21.4 Å². The molecule has 112 valence electrons. The molecule has 0 aromatic heterocycles. The van der Waals surface area contributed by atoms with Crippen LogP contribution in [0.4, 0.5) is 5.69 Å². The molecule has 0 saturated carbocycles. The molecule has 1 aromatic rings. The number of nitrogens with one attached hydrogen (secondary N) is 1. The molecular weight excluding hydrogens is 276 g/mol. The molecule has 0 saturated heterocycles. The summed E-state index contributed by atoms with van der Waals surface area (Å²) >= 11 is 0. The van der Waals surface area contributed by atoms with Crippen molar-refractivity contribution in [2.45, 2.75) is 37.7 Å². The molecule has 0 radical (unpaired) electrons. The van der Waals surface area contributed by atoms with E-state index in [0.29, 0.717) is 11.3 Å². The van der Waals surface area contributed by atoms with Crippen molar-refractivity contribution in [1.29, 1.82) is 0 Å². The SMILES string of the molecule is CC(C)(C)S(=O)(=O)Cc1cccc(NC(=O)CCN)c1. The van der Waals surface area contributed by atoms with Gasteiger partial charge in [0.1, 0.15) is 0 Å². The number of sulfone groups is 1. The number of amides is 1. The van der Waals surface area contributed by atoms with Crippen LogP contribution in [0.5, 0.6) is 0 Å². The van der Waals surface area contributed by atoms with Gasteiger partial charge in [-0.3, -0.25) is 4.79 Å². The lowest BCUT2D eigenvalue weighted by molar-refractivity contribution is -0.116. The Morgan fingerprint density at radius 1 is 1.30 bits per heavy atom. The molecule has 1 rings (SSSR count). The third-order valence-electron chi connectivity index (χ3n) is 2.87. The van der Waals surface area contributed by atoms with Gasteiger partial charge in [-0.2, -0.15) is 0 Å². The predicted octanol–water partition coefficient (Wildman–Crippen LogP) is 1.69. The maximum absolute atomic E-state index is 12.2. The summed E-state index contributed by atoms with van der Waals surface area (Å²) in [4.78, 5) is 11.5. The van der Waals surface area contributed by atoms with Gasteiger partial charge in [-0.25, -0.2) is 8.42 Å². The second-order valence-electron chi connectivity index (χ2n) is 5.66. The van der Waals surface area contributed by atoms with E-state index in [2.05, 4.69) is 5.32 Å².